The van der Waals surface area contributed by atoms with Gasteiger partial charge in [-0.3, -0.25) is 14.4 Å². The summed E-state index contributed by atoms with van der Waals surface area (Å²) in [6.45, 7) is 3.88. The molecule has 6 heteroatoms. The minimum atomic E-state index is -0.575. The van der Waals surface area contributed by atoms with Crippen molar-refractivity contribution in [2.45, 2.75) is 32.6 Å². The van der Waals surface area contributed by atoms with Gasteiger partial charge in [0.15, 0.2) is 11.5 Å². The molecule has 0 spiro atoms. The molecule has 6 nitrogen and oxygen atoms in total. The predicted octanol–water partition coefficient (Wildman–Crippen LogP) is 4.45. The first-order valence-corrected chi connectivity index (χ1v) is 10.3. The van der Waals surface area contributed by atoms with Gasteiger partial charge in [-0.1, -0.05) is 48.5 Å². The largest absolute Gasteiger partial charge is 0.426 e. The third-order valence-corrected chi connectivity index (χ3v) is 5.85. The van der Waals surface area contributed by atoms with Crippen LogP contribution in [0.1, 0.15) is 66.0 Å². The summed E-state index contributed by atoms with van der Waals surface area (Å²) in [4.78, 5) is 35.9. The average Bonchev–Trinajstić information content (AvgIpc) is 2.74. The highest BCUT2D eigenvalue weighted by molar-refractivity contribution is 5.82. The van der Waals surface area contributed by atoms with E-state index in [9.17, 15) is 14.4 Å². The predicted molar refractivity (Wildman–Crippen MR) is 115 cm³/mol. The summed E-state index contributed by atoms with van der Waals surface area (Å²) in [6.07, 6.45) is 0. The lowest BCUT2D eigenvalue weighted by atomic mass is 9.60. The molecule has 0 saturated carbocycles. The lowest BCUT2D eigenvalue weighted by molar-refractivity contribution is -0.134. The van der Waals surface area contributed by atoms with Crippen LogP contribution in [0, 0.1) is 0 Å². The van der Waals surface area contributed by atoms with E-state index in [1.54, 1.807) is 0 Å². The minimum Gasteiger partial charge on any atom is -0.426 e. The van der Waals surface area contributed by atoms with Gasteiger partial charge in [0.2, 0.25) is 0 Å². The molecule has 0 saturated heterocycles. The molecule has 6 rings (SSSR count). The molecule has 0 radical (unpaired) electrons. The zero-order chi connectivity index (χ0) is 22.6. The van der Waals surface area contributed by atoms with Crippen molar-refractivity contribution in [2.24, 2.45) is 0 Å². The van der Waals surface area contributed by atoms with Gasteiger partial charge in [0.25, 0.3) is 0 Å². The normalized spacial score (nSPS) is 17.0. The Hall–Kier alpha value is -3.93. The van der Waals surface area contributed by atoms with Gasteiger partial charge in [-0.05, 0) is 22.3 Å². The van der Waals surface area contributed by atoms with Crippen LogP contribution in [0.4, 0.5) is 0 Å². The van der Waals surface area contributed by atoms with E-state index in [4.69, 9.17) is 14.2 Å². The summed E-state index contributed by atoms with van der Waals surface area (Å²) < 4.78 is 16.6. The van der Waals surface area contributed by atoms with Crippen LogP contribution in [-0.4, -0.2) is 17.9 Å². The van der Waals surface area contributed by atoms with Crippen molar-refractivity contribution in [1.82, 2.24) is 0 Å². The van der Waals surface area contributed by atoms with Crippen LogP contribution in [0.3, 0.4) is 0 Å². The molecule has 3 aliphatic rings. The van der Waals surface area contributed by atoms with E-state index in [1.807, 2.05) is 36.4 Å². The molecule has 0 unspecified atom stereocenters. The van der Waals surface area contributed by atoms with Crippen LogP contribution in [0.15, 0.2) is 54.6 Å². The maximum Gasteiger partial charge on any atom is 0.308 e. The number of hydrogen-bond acceptors (Lipinski definition) is 6. The van der Waals surface area contributed by atoms with Crippen LogP contribution < -0.4 is 14.2 Å². The third-order valence-electron chi connectivity index (χ3n) is 5.85. The smallest absolute Gasteiger partial charge is 0.308 e. The van der Waals surface area contributed by atoms with Crippen molar-refractivity contribution in [1.29, 1.82) is 0 Å². The lowest BCUT2D eigenvalue weighted by Gasteiger charge is -2.43. The van der Waals surface area contributed by atoms with Gasteiger partial charge in [0, 0.05) is 49.8 Å². The molecule has 0 fully saturated rings. The fourth-order valence-electron chi connectivity index (χ4n) is 4.98. The lowest BCUT2D eigenvalue weighted by Crippen LogP contribution is -2.29. The van der Waals surface area contributed by atoms with E-state index in [0.717, 1.165) is 27.8 Å². The highest BCUT2D eigenvalue weighted by Crippen LogP contribution is 2.61. The number of esters is 3. The number of ether oxygens (including phenoxy) is 3. The Balaban J connectivity index is 1.89. The molecule has 3 aromatic rings. The molecule has 3 aliphatic carbocycles. The highest BCUT2D eigenvalue weighted by Gasteiger charge is 2.46. The van der Waals surface area contributed by atoms with Crippen molar-refractivity contribution < 1.29 is 28.6 Å². The maximum atomic E-state index is 12.0. The summed E-state index contributed by atoms with van der Waals surface area (Å²) in [5.74, 6) is -1.59. The van der Waals surface area contributed by atoms with E-state index in [0.29, 0.717) is 11.3 Å². The van der Waals surface area contributed by atoms with Gasteiger partial charge in [-0.25, -0.2) is 0 Å². The molecule has 160 valence electrons. The molecule has 0 N–H and O–H groups in total. The fourth-order valence-corrected chi connectivity index (χ4v) is 4.98. The van der Waals surface area contributed by atoms with Crippen LogP contribution in [0.2, 0.25) is 0 Å². The first-order chi connectivity index (χ1) is 15.4. The molecule has 32 heavy (non-hydrogen) atoms. The number of benzene rings is 3. The Morgan fingerprint density at radius 3 is 1.44 bits per heavy atom. The SMILES string of the molecule is CC(=O)Oc1cc(OC(C)=O)c2c(c1OC(C)=O)C1c3ccccc3C2c2ccccc21. The number of carbonyl (C=O) groups is 3. The molecule has 0 aromatic heterocycles. The Labute approximate surface area is 184 Å². The molecule has 0 aliphatic heterocycles. The Bertz CT molecular complexity index is 1260. The fraction of sp³-hybridized carbons (Fsp3) is 0.192. The zero-order valence-corrected chi connectivity index (χ0v) is 17.8. The molecule has 0 atom stereocenters. The van der Waals surface area contributed by atoms with Gasteiger partial charge in [-0.15, -0.1) is 0 Å². The summed E-state index contributed by atoms with van der Waals surface area (Å²) in [5, 5.41) is 0. The standard InChI is InChI=1S/C26H20O6/c1-13(27)30-20-12-21(31-14(2)28)26(32-15(3)29)25-23-18-10-6-4-8-16(18)22(24(20)25)17-9-5-7-11-19(17)23/h4-12,22-23H,1-3H3. The molecule has 3 aromatic carbocycles. The average molecular weight is 428 g/mol. The second-order valence-electron chi connectivity index (χ2n) is 7.93. The van der Waals surface area contributed by atoms with Crippen LogP contribution in [0.25, 0.3) is 0 Å². The van der Waals surface area contributed by atoms with Crippen molar-refractivity contribution in [3.8, 4) is 17.2 Å². The van der Waals surface area contributed by atoms with Gasteiger partial charge < -0.3 is 14.2 Å². The van der Waals surface area contributed by atoms with Crippen molar-refractivity contribution in [3.05, 3.63) is 88.0 Å². The Morgan fingerprint density at radius 1 is 0.594 bits per heavy atom. The molecular weight excluding hydrogens is 408 g/mol. The van der Waals surface area contributed by atoms with Gasteiger partial charge in [-0.2, -0.15) is 0 Å². The Kier molecular flexibility index (Phi) is 4.59. The quantitative estimate of drug-likeness (QED) is 0.312. The van der Waals surface area contributed by atoms with E-state index < -0.39 is 17.9 Å². The zero-order valence-electron chi connectivity index (χ0n) is 17.8. The second kappa shape index (κ2) is 7.34. The highest BCUT2D eigenvalue weighted by atomic mass is 16.6. The van der Waals surface area contributed by atoms with E-state index in [1.165, 1.54) is 26.8 Å². The molecule has 0 heterocycles. The van der Waals surface area contributed by atoms with Crippen LogP contribution >= 0.6 is 0 Å². The van der Waals surface area contributed by atoms with Crippen molar-refractivity contribution >= 4 is 17.9 Å². The molecular formula is C26H20O6. The first kappa shape index (κ1) is 20.0. The summed E-state index contributed by atoms with van der Waals surface area (Å²) in [6, 6.07) is 17.6. The molecule has 0 amide bonds. The number of carbonyl (C=O) groups excluding carboxylic acids is 3. The monoisotopic (exact) mass is 428 g/mol. The van der Waals surface area contributed by atoms with Crippen LogP contribution in [-0.2, 0) is 14.4 Å². The number of rotatable bonds is 3. The molecule has 2 bridgehead atoms. The summed E-state index contributed by atoms with van der Waals surface area (Å²) in [7, 11) is 0. The minimum absolute atomic E-state index is 0.0465. The third kappa shape index (κ3) is 2.99. The van der Waals surface area contributed by atoms with E-state index in [2.05, 4.69) is 12.1 Å². The van der Waals surface area contributed by atoms with E-state index in [-0.39, 0.29) is 23.3 Å². The maximum absolute atomic E-state index is 12.0. The number of hydrogen-bond donors (Lipinski definition) is 0. The second-order valence-corrected chi connectivity index (χ2v) is 7.93. The Morgan fingerprint density at radius 2 is 1.00 bits per heavy atom. The summed E-state index contributed by atoms with van der Waals surface area (Å²) >= 11 is 0. The van der Waals surface area contributed by atoms with Gasteiger partial charge in [0.05, 0.1) is 0 Å². The van der Waals surface area contributed by atoms with Gasteiger partial charge >= 0.3 is 17.9 Å². The summed E-state index contributed by atoms with van der Waals surface area (Å²) in [5.41, 5.74) is 5.78. The van der Waals surface area contributed by atoms with Crippen molar-refractivity contribution in [2.75, 3.05) is 0 Å². The van der Waals surface area contributed by atoms with E-state index >= 15 is 0 Å². The van der Waals surface area contributed by atoms with Crippen molar-refractivity contribution in [3.63, 3.8) is 0 Å². The van der Waals surface area contributed by atoms with Crippen LogP contribution in [0.5, 0.6) is 17.2 Å². The van der Waals surface area contributed by atoms with Gasteiger partial charge in [0.1, 0.15) is 5.75 Å². The first-order valence-electron chi connectivity index (χ1n) is 10.3. The topological polar surface area (TPSA) is 78.9 Å².